The quantitative estimate of drug-likeness (QED) is 0.733. The number of hydrogen-bond donors (Lipinski definition) is 0. The van der Waals surface area contributed by atoms with Gasteiger partial charge in [0.15, 0.2) is 0 Å². The molecule has 0 heterocycles. The molecule has 0 spiro atoms. The molecule has 0 aliphatic rings. The molecule has 0 aromatic heterocycles. The second kappa shape index (κ2) is 4.19. The van der Waals surface area contributed by atoms with Crippen molar-refractivity contribution in [2.45, 2.75) is 0 Å². The molecule has 0 atom stereocenters. The third-order valence-corrected chi connectivity index (χ3v) is 1.61. The summed E-state index contributed by atoms with van der Waals surface area (Å²) >= 11 is 3.21. The maximum absolute atomic E-state index is 5.05. The van der Waals surface area contributed by atoms with Gasteiger partial charge in [-0.15, -0.1) is 0 Å². The standard InChI is InChI=1S/C9H9BrO/c1-11-9-4-2-3-8(7-9)5-6-10/h2-7H,1H3. The van der Waals surface area contributed by atoms with E-state index in [1.807, 2.05) is 35.3 Å². The van der Waals surface area contributed by atoms with Gasteiger partial charge in [0.25, 0.3) is 0 Å². The van der Waals surface area contributed by atoms with Crippen LogP contribution in [0.1, 0.15) is 5.56 Å². The van der Waals surface area contributed by atoms with Crippen molar-refractivity contribution >= 4 is 22.0 Å². The van der Waals surface area contributed by atoms with Crippen LogP contribution >= 0.6 is 15.9 Å². The fourth-order valence-electron chi connectivity index (χ4n) is 0.818. The first-order chi connectivity index (χ1) is 5.36. The van der Waals surface area contributed by atoms with Crippen molar-refractivity contribution < 1.29 is 4.74 Å². The average Bonchev–Trinajstić information content (AvgIpc) is 2.06. The number of rotatable bonds is 2. The van der Waals surface area contributed by atoms with Crippen molar-refractivity contribution in [1.29, 1.82) is 0 Å². The van der Waals surface area contributed by atoms with E-state index in [0.29, 0.717) is 0 Å². The molecule has 0 bridgehead atoms. The van der Waals surface area contributed by atoms with Crippen LogP contribution < -0.4 is 4.74 Å². The molecular weight excluding hydrogens is 204 g/mol. The number of ether oxygens (including phenoxy) is 1. The Kier molecular flexibility index (Phi) is 3.17. The highest BCUT2D eigenvalue weighted by molar-refractivity contribution is 9.11. The van der Waals surface area contributed by atoms with E-state index in [-0.39, 0.29) is 0 Å². The van der Waals surface area contributed by atoms with E-state index < -0.39 is 0 Å². The minimum atomic E-state index is 0.883. The zero-order valence-electron chi connectivity index (χ0n) is 6.25. The van der Waals surface area contributed by atoms with Crippen molar-refractivity contribution in [2.75, 3.05) is 7.11 Å². The molecule has 1 nitrogen and oxygen atoms in total. The van der Waals surface area contributed by atoms with Gasteiger partial charge < -0.3 is 4.74 Å². The van der Waals surface area contributed by atoms with Gasteiger partial charge in [0.05, 0.1) is 7.11 Å². The van der Waals surface area contributed by atoms with Gasteiger partial charge in [0.1, 0.15) is 5.75 Å². The Bertz CT molecular complexity index is 255. The molecule has 1 aromatic carbocycles. The Morgan fingerprint density at radius 3 is 2.91 bits per heavy atom. The predicted molar refractivity (Wildman–Crippen MR) is 51.0 cm³/mol. The fraction of sp³-hybridized carbons (Fsp3) is 0.111. The normalized spacial score (nSPS) is 10.4. The summed E-state index contributed by atoms with van der Waals surface area (Å²) in [5, 5.41) is 0. The lowest BCUT2D eigenvalue weighted by Gasteiger charge is -1.98. The van der Waals surface area contributed by atoms with Crippen LogP contribution in [-0.2, 0) is 0 Å². The van der Waals surface area contributed by atoms with E-state index in [2.05, 4.69) is 15.9 Å². The fourth-order valence-corrected chi connectivity index (χ4v) is 1.12. The summed E-state index contributed by atoms with van der Waals surface area (Å²) in [5.74, 6) is 0.883. The Labute approximate surface area is 74.8 Å². The van der Waals surface area contributed by atoms with E-state index in [1.165, 1.54) is 0 Å². The molecule has 0 radical (unpaired) electrons. The number of benzene rings is 1. The molecule has 0 saturated heterocycles. The van der Waals surface area contributed by atoms with E-state index in [1.54, 1.807) is 7.11 Å². The Hall–Kier alpha value is -0.760. The van der Waals surface area contributed by atoms with Crippen LogP contribution in [0, 0.1) is 0 Å². The first-order valence-electron chi connectivity index (χ1n) is 3.27. The lowest BCUT2D eigenvalue weighted by molar-refractivity contribution is 0.414. The maximum Gasteiger partial charge on any atom is 0.119 e. The second-order valence-electron chi connectivity index (χ2n) is 2.07. The molecule has 0 aliphatic heterocycles. The van der Waals surface area contributed by atoms with Crippen LogP contribution in [0.4, 0.5) is 0 Å². The van der Waals surface area contributed by atoms with Crippen molar-refractivity contribution in [3.05, 3.63) is 34.8 Å². The lowest BCUT2D eigenvalue weighted by atomic mass is 10.2. The van der Waals surface area contributed by atoms with Gasteiger partial charge in [-0.3, -0.25) is 0 Å². The largest absolute Gasteiger partial charge is 0.497 e. The van der Waals surface area contributed by atoms with Gasteiger partial charge in [0.2, 0.25) is 0 Å². The summed E-state index contributed by atoms with van der Waals surface area (Å²) < 4.78 is 5.05. The Balaban J connectivity index is 2.91. The highest BCUT2D eigenvalue weighted by Gasteiger charge is 1.89. The Morgan fingerprint density at radius 1 is 1.45 bits per heavy atom. The van der Waals surface area contributed by atoms with E-state index in [4.69, 9.17) is 4.74 Å². The van der Waals surface area contributed by atoms with Crippen LogP contribution in [0.25, 0.3) is 6.08 Å². The van der Waals surface area contributed by atoms with Crippen LogP contribution in [0.2, 0.25) is 0 Å². The van der Waals surface area contributed by atoms with E-state index >= 15 is 0 Å². The van der Waals surface area contributed by atoms with Crippen molar-refractivity contribution in [2.24, 2.45) is 0 Å². The van der Waals surface area contributed by atoms with Crippen LogP contribution in [0.15, 0.2) is 29.3 Å². The summed E-state index contributed by atoms with van der Waals surface area (Å²) in [5.41, 5.74) is 1.13. The lowest BCUT2D eigenvalue weighted by Crippen LogP contribution is -1.81. The summed E-state index contributed by atoms with van der Waals surface area (Å²) in [6.45, 7) is 0. The summed E-state index contributed by atoms with van der Waals surface area (Å²) in [4.78, 5) is 1.82. The van der Waals surface area contributed by atoms with Crippen molar-refractivity contribution in [1.82, 2.24) is 0 Å². The van der Waals surface area contributed by atoms with Crippen LogP contribution in [0.5, 0.6) is 5.75 Å². The summed E-state index contributed by atoms with van der Waals surface area (Å²) in [6.07, 6.45) is 1.96. The topological polar surface area (TPSA) is 9.23 Å². The second-order valence-corrected chi connectivity index (χ2v) is 2.60. The first-order valence-corrected chi connectivity index (χ1v) is 4.19. The molecule has 11 heavy (non-hydrogen) atoms. The molecule has 0 fully saturated rings. The Morgan fingerprint density at radius 2 is 2.27 bits per heavy atom. The number of methoxy groups -OCH3 is 1. The third-order valence-electron chi connectivity index (χ3n) is 1.35. The zero-order chi connectivity index (χ0) is 8.10. The predicted octanol–water partition coefficient (Wildman–Crippen LogP) is 3.06. The molecule has 1 aromatic rings. The molecule has 0 N–H and O–H groups in total. The molecule has 0 unspecified atom stereocenters. The first kappa shape index (κ1) is 8.34. The van der Waals surface area contributed by atoms with Crippen molar-refractivity contribution in [3.8, 4) is 5.75 Å². The molecule has 0 saturated carbocycles. The number of halogens is 1. The average molecular weight is 213 g/mol. The van der Waals surface area contributed by atoms with E-state index in [0.717, 1.165) is 11.3 Å². The maximum atomic E-state index is 5.05. The zero-order valence-corrected chi connectivity index (χ0v) is 7.84. The highest BCUT2D eigenvalue weighted by atomic mass is 79.9. The van der Waals surface area contributed by atoms with Crippen LogP contribution in [-0.4, -0.2) is 7.11 Å². The summed E-state index contributed by atoms with van der Waals surface area (Å²) in [6, 6.07) is 7.87. The smallest absolute Gasteiger partial charge is 0.119 e. The molecule has 58 valence electrons. The van der Waals surface area contributed by atoms with Crippen LogP contribution in [0.3, 0.4) is 0 Å². The SMILES string of the molecule is COc1cccc(C=CBr)c1. The molecule has 0 amide bonds. The van der Waals surface area contributed by atoms with Crippen molar-refractivity contribution in [3.63, 3.8) is 0 Å². The minimum absolute atomic E-state index is 0.883. The van der Waals surface area contributed by atoms with Gasteiger partial charge in [-0.1, -0.05) is 28.1 Å². The number of hydrogen-bond acceptors (Lipinski definition) is 1. The molecule has 1 rings (SSSR count). The summed E-state index contributed by atoms with van der Waals surface area (Å²) in [7, 11) is 1.66. The van der Waals surface area contributed by atoms with Gasteiger partial charge in [-0.25, -0.2) is 0 Å². The molecular formula is C9H9BrO. The van der Waals surface area contributed by atoms with Gasteiger partial charge in [0, 0.05) is 0 Å². The highest BCUT2D eigenvalue weighted by Crippen LogP contribution is 2.13. The van der Waals surface area contributed by atoms with Gasteiger partial charge in [-0.2, -0.15) is 0 Å². The minimum Gasteiger partial charge on any atom is -0.497 e. The monoisotopic (exact) mass is 212 g/mol. The van der Waals surface area contributed by atoms with E-state index in [9.17, 15) is 0 Å². The molecule has 2 heteroatoms. The van der Waals surface area contributed by atoms with Gasteiger partial charge >= 0.3 is 0 Å². The molecule has 0 aliphatic carbocycles. The van der Waals surface area contributed by atoms with Gasteiger partial charge in [-0.05, 0) is 28.8 Å². The third kappa shape index (κ3) is 2.39.